The normalized spacial score (nSPS) is 25.2. The van der Waals surface area contributed by atoms with Crippen LogP contribution in [0.15, 0.2) is 0 Å². The number of rotatable bonds is 7. The van der Waals surface area contributed by atoms with E-state index in [9.17, 15) is 4.79 Å². The summed E-state index contributed by atoms with van der Waals surface area (Å²) in [4.78, 5) is 12.1. The predicted molar refractivity (Wildman–Crippen MR) is 85.4 cm³/mol. The van der Waals surface area contributed by atoms with Crippen LogP contribution in [-0.2, 0) is 4.79 Å². The van der Waals surface area contributed by atoms with Crippen LogP contribution in [0.2, 0.25) is 0 Å². The maximum Gasteiger partial charge on any atom is 0.220 e. The summed E-state index contributed by atoms with van der Waals surface area (Å²) in [6.07, 6.45) is 8.82. The molecule has 0 aliphatic heterocycles. The molecular formula is C17H34N2O. The highest BCUT2D eigenvalue weighted by molar-refractivity contribution is 5.76. The lowest BCUT2D eigenvalue weighted by molar-refractivity contribution is -0.122. The van der Waals surface area contributed by atoms with Crippen LogP contribution in [0.5, 0.6) is 0 Å². The number of hydrogen-bond acceptors (Lipinski definition) is 2. The topological polar surface area (TPSA) is 55.1 Å². The first-order chi connectivity index (χ1) is 9.52. The Balaban J connectivity index is 2.28. The van der Waals surface area contributed by atoms with Gasteiger partial charge in [0.05, 0.1) is 0 Å². The molecule has 3 atom stereocenters. The van der Waals surface area contributed by atoms with E-state index in [1.807, 2.05) is 0 Å². The van der Waals surface area contributed by atoms with Crippen LogP contribution in [0.4, 0.5) is 0 Å². The van der Waals surface area contributed by atoms with Crippen molar-refractivity contribution in [1.29, 1.82) is 0 Å². The Hall–Kier alpha value is -0.570. The smallest absolute Gasteiger partial charge is 0.220 e. The first-order valence-electron chi connectivity index (χ1n) is 8.52. The summed E-state index contributed by atoms with van der Waals surface area (Å²) < 4.78 is 0. The van der Waals surface area contributed by atoms with Crippen molar-refractivity contribution in [3.05, 3.63) is 0 Å². The van der Waals surface area contributed by atoms with E-state index in [1.165, 1.54) is 19.3 Å². The Morgan fingerprint density at radius 2 is 1.95 bits per heavy atom. The second-order valence-corrected chi connectivity index (χ2v) is 7.00. The second-order valence-electron chi connectivity index (χ2n) is 7.00. The zero-order valence-electron chi connectivity index (χ0n) is 13.7. The zero-order valence-corrected chi connectivity index (χ0v) is 13.7. The largest absolute Gasteiger partial charge is 0.353 e. The van der Waals surface area contributed by atoms with E-state index in [2.05, 4.69) is 26.1 Å². The highest BCUT2D eigenvalue weighted by Gasteiger charge is 2.19. The number of nitrogens with two attached hydrogens (primary N) is 1. The van der Waals surface area contributed by atoms with Crippen molar-refractivity contribution in [2.75, 3.05) is 6.54 Å². The van der Waals surface area contributed by atoms with Crippen LogP contribution in [0.25, 0.3) is 0 Å². The van der Waals surface area contributed by atoms with Crippen molar-refractivity contribution in [2.45, 2.75) is 78.2 Å². The second kappa shape index (κ2) is 9.38. The molecule has 118 valence electrons. The van der Waals surface area contributed by atoms with E-state index >= 15 is 0 Å². The third kappa shape index (κ3) is 6.74. The summed E-state index contributed by atoms with van der Waals surface area (Å²) in [7, 11) is 0. The van der Waals surface area contributed by atoms with Gasteiger partial charge < -0.3 is 11.1 Å². The van der Waals surface area contributed by atoms with Crippen LogP contribution in [0.1, 0.15) is 72.1 Å². The standard InChI is InChI=1S/C17H34N2O/c1-13(2)15(11-12-18)8-10-17(20)19-16-6-4-5-14(3)7-9-16/h13-16H,4-12,18H2,1-3H3,(H,19,20). The van der Waals surface area contributed by atoms with Gasteiger partial charge in [-0.1, -0.05) is 33.6 Å². The summed E-state index contributed by atoms with van der Waals surface area (Å²) in [5, 5.41) is 3.25. The molecule has 3 nitrogen and oxygen atoms in total. The molecule has 0 aromatic carbocycles. The maximum atomic E-state index is 12.1. The zero-order chi connectivity index (χ0) is 15.0. The average molecular weight is 282 g/mol. The van der Waals surface area contributed by atoms with Gasteiger partial charge in [0.1, 0.15) is 0 Å². The molecule has 1 rings (SSSR count). The number of amides is 1. The van der Waals surface area contributed by atoms with Gasteiger partial charge in [-0.2, -0.15) is 0 Å². The minimum absolute atomic E-state index is 0.243. The lowest BCUT2D eigenvalue weighted by Crippen LogP contribution is -2.34. The first kappa shape index (κ1) is 17.5. The van der Waals surface area contributed by atoms with Crippen LogP contribution in [-0.4, -0.2) is 18.5 Å². The molecule has 0 spiro atoms. The molecule has 1 saturated carbocycles. The fraction of sp³-hybridized carbons (Fsp3) is 0.941. The molecule has 0 saturated heterocycles. The van der Waals surface area contributed by atoms with Gasteiger partial charge >= 0.3 is 0 Å². The van der Waals surface area contributed by atoms with Crippen LogP contribution >= 0.6 is 0 Å². The Labute approximate surface area is 125 Å². The molecule has 0 bridgehead atoms. The van der Waals surface area contributed by atoms with Crippen molar-refractivity contribution in [1.82, 2.24) is 5.32 Å². The van der Waals surface area contributed by atoms with E-state index < -0.39 is 0 Å². The monoisotopic (exact) mass is 282 g/mol. The lowest BCUT2D eigenvalue weighted by atomic mass is 9.88. The molecule has 3 N–H and O–H groups in total. The van der Waals surface area contributed by atoms with E-state index in [1.54, 1.807) is 0 Å². The Morgan fingerprint density at radius 3 is 2.60 bits per heavy atom. The Morgan fingerprint density at radius 1 is 1.20 bits per heavy atom. The number of hydrogen-bond donors (Lipinski definition) is 2. The SMILES string of the molecule is CC1CCCC(NC(=O)CCC(CCN)C(C)C)CC1. The Kier molecular flexibility index (Phi) is 8.20. The van der Waals surface area contributed by atoms with Gasteiger partial charge in [0.15, 0.2) is 0 Å². The van der Waals surface area contributed by atoms with E-state index in [0.717, 1.165) is 38.1 Å². The van der Waals surface area contributed by atoms with Crippen molar-refractivity contribution >= 4 is 5.91 Å². The summed E-state index contributed by atoms with van der Waals surface area (Å²) >= 11 is 0. The van der Waals surface area contributed by atoms with Gasteiger partial charge in [-0.3, -0.25) is 4.79 Å². The maximum absolute atomic E-state index is 12.1. The lowest BCUT2D eigenvalue weighted by Gasteiger charge is -2.21. The number of nitrogens with one attached hydrogen (secondary N) is 1. The summed E-state index contributed by atoms with van der Waals surface area (Å²) in [6, 6.07) is 0.416. The summed E-state index contributed by atoms with van der Waals surface area (Å²) in [6.45, 7) is 7.51. The van der Waals surface area contributed by atoms with Crippen molar-refractivity contribution in [3.8, 4) is 0 Å². The molecule has 3 unspecified atom stereocenters. The molecule has 3 heteroatoms. The van der Waals surface area contributed by atoms with Gasteiger partial charge in [-0.05, 0) is 56.4 Å². The molecule has 1 fully saturated rings. The van der Waals surface area contributed by atoms with Crippen LogP contribution in [0.3, 0.4) is 0 Å². The molecule has 0 radical (unpaired) electrons. The third-order valence-corrected chi connectivity index (χ3v) is 4.85. The van der Waals surface area contributed by atoms with Gasteiger partial charge in [-0.15, -0.1) is 0 Å². The van der Waals surface area contributed by atoms with Crippen LogP contribution < -0.4 is 11.1 Å². The van der Waals surface area contributed by atoms with E-state index in [0.29, 0.717) is 24.3 Å². The summed E-state index contributed by atoms with van der Waals surface area (Å²) in [5.41, 5.74) is 5.65. The highest BCUT2D eigenvalue weighted by atomic mass is 16.1. The first-order valence-corrected chi connectivity index (χ1v) is 8.52. The van der Waals surface area contributed by atoms with Crippen molar-refractivity contribution in [2.24, 2.45) is 23.5 Å². The van der Waals surface area contributed by atoms with Gasteiger partial charge in [-0.25, -0.2) is 0 Å². The van der Waals surface area contributed by atoms with Crippen molar-refractivity contribution in [3.63, 3.8) is 0 Å². The minimum atomic E-state index is 0.243. The number of carbonyl (C=O) groups excluding carboxylic acids is 1. The molecule has 1 aliphatic rings. The van der Waals surface area contributed by atoms with Crippen molar-refractivity contribution < 1.29 is 4.79 Å². The molecule has 0 aromatic rings. The van der Waals surface area contributed by atoms with Gasteiger partial charge in [0.25, 0.3) is 0 Å². The molecule has 1 aliphatic carbocycles. The van der Waals surface area contributed by atoms with Crippen LogP contribution in [0, 0.1) is 17.8 Å². The highest BCUT2D eigenvalue weighted by Crippen LogP contribution is 2.23. The minimum Gasteiger partial charge on any atom is -0.353 e. The molecular weight excluding hydrogens is 248 g/mol. The van der Waals surface area contributed by atoms with E-state index in [4.69, 9.17) is 5.73 Å². The average Bonchev–Trinajstić information content (AvgIpc) is 2.59. The molecule has 1 amide bonds. The third-order valence-electron chi connectivity index (χ3n) is 4.85. The fourth-order valence-corrected chi connectivity index (χ4v) is 3.27. The summed E-state index contributed by atoms with van der Waals surface area (Å²) in [5.74, 6) is 2.27. The van der Waals surface area contributed by atoms with Gasteiger partial charge in [0.2, 0.25) is 5.91 Å². The molecule has 0 aromatic heterocycles. The van der Waals surface area contributed by atoms with E-state index in [-0.39, 0.29) is 5.91 Å². The fourth-order valence-electron chi connectivity index (χ4n) is 3.27. The predicted octanol–water partition coefficient (Wildman–Crippen LogP) is 3.47. The van der Waals surface area contributed by atoms with Gasteiger partial charge in [0, 0.05) is 12.5 Å². The molecule has 20 heavy (non-hydrogen) atoms. The quantitative estimate of drug-likeness (QED) is 0.702. The molecule has 0 heterocycles. The Bertz CT molecular complexity index is 278. The number of carbonyl (C=O) groups is 1.